The summed E-state index contributed by atoms with van der Waals surface area (Å²) >= 11 is 0. The maximum Gasteiger partial charge on any atom is 0.228 e. The monoisotopic (exact) mass is 231 g/mol. The van der Waals surface area contributed by atoms with Crippen molar-refractivity contribution in [2.75, 3.05) is 23.0 Å². The van der Waals surface area contributed by atoms with Crippen LogP contribution in [0.5, 0.6) is 0 Å². The van der Waals surface area contributed by atoms with Gasteiger partial charge in [0, 0.05) is 18.8 Å². The second-order valence-corrected chi connectivity index (χ2v) is 4.99. The second kappa shape index (κ2) is 3.65. The third-order valence-electron chi connectivity index (χ3n) is 3.88. The first kappa shape index (κ1) is 10.4. The zero-order chi connectivity index (χ0) is 12.0. The molecule has 0 aromatic heterocycles. The van der Waals surface area contributed by atoms with Crippen molar-refractivity contribution in [1.29, 1.82) is 0 Å². The van der Waals surface area contributed by atoms with Crippen LogP contribution in [0.4, 0.5) is 17.1 Å². The number of nitrogens with two attached hydrogens (primary N) is 1. The van der Waals surface area contributed by atoms with E-state index in [1.54, 1.807) is 0 Å². The molecule has 1 aromatic carbocycles. The van der Waals surface area contributed by atoms with E-state index in [0.717, 1.165) is 22.6 Å². The number of nitrogens with one attached hydrogen (secondary N) is 1. The topological polar surface area (TPSA) is 58.4 Å². The van der Waals surface area contributed by atoms with Crippen LogP contribution in [-0.4, -0.2) is 19.0 Å². The maximum absolute atomic E-state index is 11.3. The van der Waals surface area contributed by atoms with Crippen LogP contribution in [0.15, 0.2) is 12.1 Å². The van der Waals surface area contributed by atoms with Crippen molar-refractivity contribution >= 4 is 23.0 Å². The molecular formula is C13H17N3O. The summed E-state index contributed by atoms with van der Waals surface area (Å²) in [6, 6.07) is 4.54. The van der Waals surface area contributed by atoms with Crippen molar-refractivity contribution in [2.45, 2.75) is 31.7 Å². The van der Waals surface area contributed by atoms with Crippen molar-refractivity contribution in [3.05, 3.63) is 17.7 Å². The summed E-state index contributed by atoms with van der Waals surface area (Å²) in [4.78, 5) is 13.6. The lowest BCUT2D eigenvalue weighted by molar-refractivity contribution is -0.115. The van der Waals surface area contributed by atoms with E-state index in [4.69, 9.17) is 5.73 Å². The Morgan fingerprint density at radius 1 is 1.41 bits per heavy atom. The van der Waals surface area contributed by atoms with Crippen molar-refractivity contribution in [2.24, 2.45) is 0 Å². The summed E-state index contributed by atoms with van der Waals surface area (Å²) in [5, 5.41) is 2.87. The molecule has 4 nitrogen and oxygen atoms in total. The number of anilines is 3. The molecule has 1 aromatic rings. The van der Waals surface area contributed by atoms with Gasteiger partial charge in [0.05, 0.1) is 17.8 Å². The van der Waals surface area contributed by atoms with Gasteiger partial charge in [-0.05, 0) is 37.0 Å². The molecule has 1 fully saturated rings. The number of carbonyl (C=O) groups excluding carboxylic acids is 1. The van der Waals surface area contributed by atoms with Gasteiger partial charge >= 0.3 is 0 Å². The first-order valence-electron chi connectivity index (χ1n) is 6.10. The van der Waals surface area contributed by atoms with E-state index in [2.05, 4.69) is 17.3 Å². The second-order valence-electron chi connectivity index (χ2n) is 4.99. The normalized spacial score (nSPS) is 18.5. The molecule has 1 saturated carbocycles. The smallest absolute Gasteiger partial charge is 0.228 e. The van der Waals surface area contributed by atoms with Gasteiger partial charge in [0.15, 0.2) is 0 Å². The van der Waals surface area contributed by atoms with Crippen LogP contribution >= 0.6 is 0 Å². The van der Waals surface area contributed by atoms with Gasteiger partial charge in [-0.25, -0.2) is 0 Å². The van der Waals surface area contributed by atoms with E-state index in [-0.39, 0.29) is 5.91 Å². The van der Waals surface area contributed by atoms with Gasteiger partial charge < -0.3 is 16.0 Å². The highest BCUT2D eigenvalue weighted by Crippen LogP contribution is 2.36. The lowest BCUT2D eigenvalue weighted by atomic mass is 9.91. The molecule has 17 heavy (non-hydrogen) atoms. The number of fused-ring (bicyclic) bond motifs is 1. The number of carbonyl (C=O) groups is 1. The van der Waals surface area contributed by atoms with E-state index in [1.807, 2.05) is 12.1 Å². The number of hydrogen-bond donors (Lipinski definition) is 2. The molecule has 3 rings (SSSR count). The first-order valence-corrected chi connectivity index (χ1v) is 6.10. The number of rotatable bonds is 2. The highest BCUT2D eigenvalue weighted by molar-refractivity contribution is 6.00. The molecule has 1 aliphatic carbocycles. The van der Waals surface area contributed by atoms with Gasteiger partial charge in [-0.15, -0.1) is 0 Å². The number of benzene rings is 1. The van der Waals surface area contributed by atoms with Gasteiger partial charge in [0.25, 0.3) is 0 Å². The third kappa shape index (κ3) is 1.64. The molecule has 4 heteroatoms. The van der Waals surface area contributed by atoms with Crippen LogP contribution in [-0.2, 0) is 11.2 Å². The van der Waals surface area contributed by atoms with Crippen molar-refractivity contribution in [1.82, 2.24) is 0 Å². The average molecular weight is 231 g/mol. The molecule has 90 valence electrons. The van der Waals surface area contributed by atoms with Gasteiger partial charge in [0.1, 0.15) is 0 Å². The van der Waals surface area contributed by atoms with Gasteiger partial charge in [-0.2, -0.15) is 0 Å². The quantitative estimate of drug-likeness (QED) is 0.762. The van der Waals surface area contributed by atoms with Gasteiger partial charge in [0.2, 0.25) is 5.91 Å². The summed E-state index contributed by atoms with van der Waals surface area (Å²) < 4.78 is 0. The van der Waals surface area contributed by atoms with Crippen LogP contribution in [0.1, 0.15) is 24.8 Å². The summed E-state index contributed by atoms with van der Waals surface area (Å²) in [6.45, 7) is 0. The Balaban J connectivity index is 1.95. The van der Waals surface area contributed by atoms with E-state index >= 15 is 0 Å². The van der Waals surface area contributed by atoms with Crippen LogP contribution in [0.2, 0.25) is 0 Å². The maximum atomic E-state index is 11.3. The molecule has 2 aliphatic rings. The van der Waals surface area contributed by atoms with Crippen molar-refractivity contribution in [3.63, 3.8) is 0 Å². The zero-order valence-electron chi connectivity index (χ0n) is 9.99. The van der Waals surface area contributed by atoms with Gasteiger partial charge in [-0.1, -0.05) is 0 Å². The van der Waals surface area contributed by atoms with Crippen molar-refractivity contribution in [3.8, 4) is 0 Å². The predicted octanol–water partition coefficient (Wildman–Crippen LogP) is 1.75. The van der Waals surface area contributed by atoms with Gasteiger partial charge in [-0.3, -0.25) is 4.79 Å². The Morgan fingerprint density at radius 3 is 2.82 bits per heavy atom. The Hall–Kier alpha value is -1.71. The predicted molar refractivity (Wildman–Crippen MR) is 69.2 cm³/mol. The minimum Gasteiger partial charge on any atom is -0.397 e. The van der Waals surface area contributed by atoms with Crippen LogP contribution in [0.3, 0.4) is 0 Å². The van der Waals surface area contributed by atoms with E-state index in [9.17, 15) is 4.79 Å². The molecule has 0 radical (unpaired) electrons. The largest absolute Gasteiger partial charge is 0.397 e. The lowest BCUT2D eigenvalue weighted by Crippen LogP contribution is -2.37. The number of nitrogen functional groups attached to an aromatic ring is 1. The minimum absolute atomic E-state index is 0.0582. The highest BCUT2D eigenvalue weighted by atomic mass is 16.1. The third-order valence-corrected chi connectivity index (χ3v) is 3.88. The molecule has 0 unspecified atom stereocenters. The Labute approximate surface area is 101 Å². The first-order chi connectivity index (χ1) is 8.15. The van der Waals surface area contributed by atoms with E-state index < -0.39 is 0 Å². The summed E-state index contributed by atoms with van der Waals surface area (Å²) in [6.07, 6.45) is 4.22. The molecule has 0 spiro atoms. The Bertz CT molecular complexity index is 480. The van der Waals surface area contributed by atoms with E-state index in [1.165, 1.54) is 19.3 Å². The van der Waals surface area contributed by atoms with Crippen molar-refractivity contribution < 1.29 is 4.79 Å². The minimum atomic E-state index is 0.0582. The number of amides is 1. The summed E-state index contributed by atoms with van der Waals surface area (Å²) in [5.41, 5.74) is 9.82. The van der Waals surface area contributed by atoms with Crippen LogP contribution in [0, 0.1) is 0 Å². The molecule has 0 saturated heterocycles. The molecule has 0 bridgehead atoms. The average Bonchev–Trinajstić information content (AvgIpc) is 2.53. The summed E-state index contributed by atoms with van der Waals surface area (Å²) in [7, 11) is 2.08. The van der Waals surface area contributed by atoms with E-state index in [0.29, 0.717) is 12.5 Å². The highest BCUT2D eigenvalue weighted by Gasteiger charge is 2.26. The Morgan fingerprint density at radius 2 is 2.18 bits per heavy atom. The fourth-order valence-corrected chi connectivity index (χ4v) is 2.56. The fourth-order valence-electron chi connectivity index (χ4n) is 2.56. The number of nitrogens with zero attached hydrogens (tertiary/aromatic N) is 1. The zero-order valence-corrected chi connectivity index (χ0v) is 9.99. The van der Waals surface area contributed by atoms with Crippen LogP contribution < -0.4 is 16.0 Å². The summed E-state index contributed by atoms with van der Waals surface area (Å²) in [5.74, 6) is 0.0582. The fraction of sp³-hybridized carbons (Fsp3) is 0.462. The standard InChI is InChI=1S/C13H17N3O/c1-16(9-3-2-4-9)12-7-11-8(5-10(12)14)6-13(17)15-11/h5,7,9H,2-4,6,14H2,1H3,(H,15,17). The molecule has 1 heterocycles. The molecule has 3 N–H and O–H groups in total. The SMILES string of the molecule is CN(c1cc2c(cc1N)CC(=O)N2)C1CCC1. The molecule has 1 amide bonds. The number of hydrogen-bond acceptors (Lipinski definition) is 3. The Kier molecular flexibility index (Phi) is 2.24. The lowest BCUT2D eigenvalue weighted by Gasteiger charge is -2.37. The molecule has 1 aliphatic heterocycles. The molecular weight excluding hydrogens is 214 g/mol. The van der Waals surface area contributed by atoms with Crippen LogP contribution in [0.25, 0.3) is 0 Å². The molecule has 0 atom stereocenters.